The summed E-state index contributed by atoms with van der Waals surface area (Å²) in [4.78, 5) is 31.4. The highest BCUT2D eigenvalue weighted by molar-refractivity contribution is 5.97. The molecule has 2 aromatic rings. The van der Waals surface area contributed by atoms with Gasteiger partial charge in [-0.05, 0) is 37.5 Å². The first-order valence-electron chi connectivity index (χ1n) is 8.12. The van der Waals surface area contributed by atoms with Crippen LogP contribution in [0.5, 0.6) is 5.75 Å². The van der Waals surface area contributed by atoms with Gasteiger partial charge in [0, 0.05) is 23.5 Å². The summed E-state index contributed by atoms with van der Waals surface area (Å²) in [5.74, 6) is 0.530. The number of aromatic nitrogens is 2. The largest absolute Gasteiger partial charge is 0.426 e. The Kier molecular flexibility index (Phi) is 3.72. The average molecular weight is 339 g/mol. The summed E-state index contributed by atoms with van der Waals surface area (Å²) in [6.07, 6.45) is 4.92. The number of hydrogen-bond acceptors (Lipinski definition) is 7. The number of carbonyl (C=O) groups is 2. The predicted octanol–water partition coefficient (Wildman–Crippen LogP) is 1.74. The number of amides is 1. The van der Waals surface area contributed by atoms with Crippen LogP contribution in [-0.2, 0) is 11.2 Å². The number of benzene rings is 1. The number of anilines is 3. The SMILES string of the molecule is NC(=O)c1cnc(Nc2ccc3c(c2)CC(=O)O3)nc1NC1CCC1. The van der Waals surface area contributed by atoms with Crippen molar-refractivity contribution in [3.63, 3.8) is 0 Å². The molecule has 2 heterocycles. The highest BCUT2D eigenvalue weighted by atomic mass is 16.5. The molecule has 0 unspecified atom stereocenters. The molecule has 8 heteroatoms. The molecule has 1 saturated carbocycles. The molecule has 0 atom stereocenters. The fraction of sp³-hybridized carbons (Fsp3) is 0.294. The average Bonchev–Trinajstić information content (AvgIpc) is 2.90. The van der Waals surface area contributed by atoms with Gasteiger partial charge in [-0.3, -0.25) is 9.59 Å². The van der Waals surface area contributed by atoms with Gasteiger partial charge in [0.2, 0.25) is 5.95 Å². The molecular formula is C17H17N5O3. The quantitative estimate of drug-likeness (QED) is 0.561. The Morgan fingerprint density at radius 1 is 1.32 bits per heavy atom. The van der Waals surface area contributed by atoms with Crippen molar-refractivity contribution >= 4 is 29.3 Å². The summed E-state index contributed by atoms with van der Waals surface area (Å²) in [6, 6.07) is 5.64. The monoisotopic (exact) mass is 339 g/mol. The van der Waals surface area contributed by atoms with Crippen LogP contribution in [0.2, 0.25) is 0 Å². The van der Waals surface area contributed by atoms with Gasteiger partial charge in [0.05, 0.1) is 12.0 Å². The van der Waals surface area contributed by atoms with E-state index in [1.165, 1.54) is 6.20 Å². The maximum Gasteiger partial charge on any atom is 0.315 e. The van der Waals surface area contributed by atoms with Crippen LogP contribution in [0, 0.1) is 0 Å². The molecule has 4 N–H and O–H groups in total. The molecular weight excluding hydrogens is 322 g/mol. The molecule has 0 saturated heterocycles. The van der Waals surface area contributed by atoms with Crippen molar-refractivity contribution in [2.45, 2.75) is 31.7 Å². The number of primary amides is 1. The fourth-order valence-corrected chi connectivity index (χ4v) is 2.82. The molecule has 1 aromatic carbocycles. The summed E-state index contributed by atoms with van der Waals surface area (Å²) >= 11 is 0. The Morgan fingerprint density at radius 3 is 2.88 bits per heavy atom. The zero-order valence-corrected chi connectivity index (χ0v) is 13.4. The smallest absolute Gasteiger partial charge is 0.315 e. The maximum absolute atomic E-state index is 11.6. The third-order valence-electron chi connectivity index (χ3n) is 4.38. The summed E-state index contributed by atoms with van der Waals surface area (Å²) in [5, 5.41) is 6.33. The number of hydrogen-bond donors (Lipinski definition) is 3. The van der Waals surface area contributed by atoms with Crippen LogP contribution in [0.4, 0.5) is 17.5 Å². The van der Waals surface area contributed by atoms with E-state index in [0.29, 0.717) is 23.6 Å². The van der Waals surface area contributed by atoms with E-state index in [1.807, 2.05) is 6.07 Å². The van der Waals surface area contributed by atoms with Gasteiger partial charge in [0.1, 0.15) is 11.6 Å². The van der Waals surface area contributed by atoms with Crippen molar-refractivity contribution in [2.24, 2.45) is 5.73 Å². The van der Waals surface area contributed by atoms with Gasteiger partial charge in [-0.2, -0.15) is 4.98 Å². The third-order valence-corrected chi connectivity index (χ3v) is 4.38. The van der Waals surface area contributed by atoms with Crippen molar-refractivity contribution in [1.29, 1.82) is 0 Å². The molecule has 0 spiro atoms. The topological polar surface area (TPSA) is 119 Å². The minimum Gasteiger partial charge on any atom is -0.426 e. The first-order valence-corrected chi connectivity index (χ1v) is 8.12. The minimum absolute atomic E-state index is 0.251. The van der Waals surface area contributed by atoms with Crippen LogP contribution >= 0.6 is 0 Å². The lowest BCUT2D eigenvalue weighted by Gasteiger charge is -2.27. The molecule has 1 amide bonds. The van der Waals surface area contributed by atoms with Gasteiger partial charge in [0.15, 0.2) is 0 Å². The predicted molar refractivity (Wildman–Crippen MR) is 90.9 cm³/mol. The Labute approximate surface area is 143 Å². The normalized spacial score (nSPS) is 15.9. The minimum atomic E-state index is -0.568. The van der Waals surface area contributed by atoms with Crippen LogP contribution < -0.4 is 21.1 Å². The lowest BCUT2D eigenvalue weighted by molar-refractivity contribution is -0.131. The van der Waals surface area contributed by atoms with Crippen LogP contribution in [-0.4, -0.2) is 27.9 Å². The molecule has 1 aliphatic heterocycles. The van der Waals surface area contributed by atoms with Gasteiger partial charge in [0.25, 0.3) is 5.91 Å². The molecule has 8 nitrogen and oxygen atoms in total. The zero-order chi connectivity index (χ0) is 17.4. The number of fused-ring (bicyclic) bond motifs is 1. The van der Waals surface area contributed by atoms with E-state index in [-0.39, 0.29) is 18.0 Å². The Hall–Kier alpha value is -3.16. The summed E-state index contributed by atoms with van der Waals surface area (Å²) in [7, 11) is 0. The number of nitrogens with one attached hydrogen (secondary N) is 2. The lowest BCUT2D eigenvalue weighted by Crippen LogP contribution is -2.29. The van der Waals surface area contributed by atoms with E-state index >= 15 is 0 Å². The van der Waals surface area contributed by atoms with Crippen molar-refractivity contribution < 1.29 is 14.3 Å². The Bertz CT molecular complexity index is 863. The second-order valence-corrected chi connectivity index (χ2v) is 6.19. The van der Waals surface area contributed by atoms with E-state index in [2.05, 4.69) is 20.6 Å². The zero-order valence-electron chi connectivity index (χ0n) is 13.4. The second kappa shape index (κ2) is 6.04. The van der Waals surface area contributed by atoms with E-state index < -0.39 is 5.91 Å². The summed E-state index contributed by atoms with van der Waals surface area (Å²) in [5.41, 5.74) is 7.22. The van der Waals surface area contributed by atoms with Crippen LogP contribution in [0.25, 0.3) is 0 Å². The highest BCUT2D eigenvalue weighted by Crippen LogP contribution is 2.30. The van der Waals surface area contributed by atoms with Crippen molar-refractivity contribution in [3.8, 4) is 5.75 Å². The first kappa shape index (κ1) is 15.4. The van der Waals surface area contributed by atoms with Crippen LogP contribution in [0.3, 0.4) is 0 Å². The van der Waals surface area contributed by atoms with Gasteiger partial charge >= 0.3 is 5.97 Å². The molecule has 2 aliphatic rings. The van der Waals surface area contributed by atoms with Gasteiger partial charge < -0.3 is 21.1 Å². The molecule has 0 radical (unpaired) electrons. The van der Waals surface area contributed by atoms with Crippen molar-refractivity contribution in [1.82, 2.24) is 9.97 Å². The molecule has 0 bridgehead atoms. The number of nitrogens with two attached hydrogens (primary N) is 1. The van der Waals surface area contributed by atoms with Gasteiger partial charge in [-0.1, -0.05) is 0 Å². The van der Waals surface area contributed by atoms with Crippen LogP contribution in [0.15, 0.2) is 24.4 Å². The molecule has 1 aromatic heterocycles. The highest BCUT2D eigenvalue weighted by Gasteiger charge is 2.22. The summed E-state index contributed by atoms with van der Waals surface area (Å²) in [6.45, 7) is 0. The second-order valence-electron chi connectivity index (χ2n) is 6.19. The molecule has 4 rings (SSSR count). The standard InChI is InChI=1S/C17H17N5O3/c18-15(24)12-8-19-17(22-16(12)20-10-2-1-3-10)21-11-4-5-13-9(6-11)7-14(23)25-13/h4-6,8,10H,1-3,7H2,(H2,18,24)(H2,19,20,21,22). The Balaban J connectivity index is 1.58. The number of rotatable bonds is 5. The molecule has 128 valence electrons. The Morgan fingerprint density at radius 2 is 2.16 bits per heavy atom. The third kappa shape index (κ3) is 3.10. The molecule has 25 heavy (non-hydrogen) atoms. The number of nitrogens with zero attached hydrogens (tertiary/aromatic N) is 2. The molecule has 1 fully saturated rings. The van der Waals surface area contributed by atoms with E-state index in [0.717, 1.165) is 30.5 Å². The first-order chi connectivity index (χ1) is 12.1. The maximum atomic E-state index is 11.6. The van der Waals surface area contributed by atoms with E-state index in [1.54, 1.807) is 12.1 Å². The summed E-state index contributed by atoms with van der Waals surface area (Å²) < 4.78 is 5.08. The number of ether oxygens (including phenoxy) is 1. The lowest BCUT2D eigenvalue weighted by atomic mass is 9.93. The van der Waals surface area contributed by atoms with Crippen molar-refractivity contribution in [2.75, 3.05) is 10.6 Å². The van der Waals surface area contributed by atoms with Gasteiger partial charge in [-0.25, -0.2) is 4.98 Å². The number of carbonyl (C=O) groups excluding carboxylic acids is 2. The number of esters is 1. The van der Waals surface area contributed by atoms with Gasteiger partial charge in [-0.15, -0.1) is 0 Å². The van der Waals surface area contributed by atoms with Crippen LogP contribution in [0.1, 0.15) is 35.2 Å². The molecule has 1 aliphatic carbocycles. The van der Waals surface area contributed by atoms with Crippen molar-refractivity contribution in [3.05, 3.63) is 35.5 Å². The van der Waals surface area contributed by atoms with E-state index in [4.69, 9.17) is 10.5 Å². The fourth-order valence-electron chi connectivity index (χ4n) is 2.82. The van der Waals surface area contributed by atoms with E-state index in [9.17, 15) is 9.59 Å².